The third-order valence-electron chi connectivity index (χ3n) is 4.55. The molecule has 0 saturated heterocycles. The van der Waals surface area contributed by atoms with Crippen LogP contribution in [0.1, 0.15) is 42.9 Å². The lowest BCUT2D eigenvalue weighted by atomic mass is 10.0. The predicted molar refractivity (Wildman–Crippen MR) is 95.5 cm³/mol. The summed E-state index contributed by atoms with van der Waals surface area (Å²) in [5, 5.41) is 14.3. The van der Waals surface area contributed by atoms with Crippen LogP contribution >= 0.6 is 0 Å². The molecule has 2 N–H and O–H groups in total. The molecule has 0 bridgehead atoms. The Bertz CT molecular complexity index is 927. The van der Waals surface area contributed by atoms with Gasteiger partial charge in [0, 0.05) is 41.7 Å². The van der Waals surface area contributed by atoms with Crippen molar-refractivity contribution in [3.8, 4) is 11.6 Å². The highest BCUT2D eigenvalue weighted by Crippen LogP contribution is 2.39. The first kappa shape index (κ1) is 16.3. The lowest BCUT2D eigenvalue weighted by Gasteiger charge is -2.08. The molecular formula is C18H20N6O2. The molecule has 26 heavy (non-hydrogen) atoms. The van der Waals surface area contributed by atoms with Crippen molar-refractivity contribution in [3.05, 3.63) is 48.0 Å². The van der Waals surface area contributed by atoms with Crippen LogP contribution in [0.3, 0.4) is 0 Å². The van der Waals surface area contributed by atoms with Gasteiger partial charge in [-0.25, -0.2) is 9.67 Å². The van der Waals surface area contributed by atoms with Gasteiger partial charge in [-0.2, -0.15) is 10.2 Å². The van der Waals surface area contributed by atoms with Crippen molar-refractivity contribution in [3.63, 3.8) is 0 Å². The first-order chi connectivity index (χ1) is 12.6. The first-order valence-corrected chi connectivity index (χ1v) is 8.55. The second-order valence-corrected chi connectivity index (χ2v) is 6.47. The summed E-state index contributed by atoms with van der Waals surface area (Å²) < 4.78 is 6.83. The number of anilines is 1. The van der Waals surface area contributed by atoms with Crippen molar-refractivity contribution < 1.29 is 9.53 Å². The number of aromatic nitrogens is 5. The Kier molecular flexibility index (Phi) is 4.16. The Morgan fingerprint density at radius 3 is 3.04 bits per heavy atom. The number of rotatable bonds is 6. The van der Waals surface area contributed by atoms with E-state index < -0.39 is 0 Å². The Hall–Kier alpha value is -3.16. The van der Waals surface area contributed by atoms with Crippen molar-refractivity contribution in [2.75, 3.05) is 12.4 Å². The normalized spacial score (nSPS) is 14.8. The Balaban J connectivity index is 1.46. The predicted octanol–water partition coefficient (Wildman–Crippen LogP) is 2.62. The van der Waals surface area contributed by atoms with Crippen LogP contribution in [-0.2, 0) is 4.79 Å². The monoisotopic (exact) mass is 352 g/mol. The zero-order valence-corrected chi connectivity index (χ0v) is 14.6. The van der Waals surface area contributed by atoms with Crippen LogP contribution in [0.2, 0.25) is 0 Å². The van der Waals surface area contributed by atoms with Crippen LogP contribution in [-0.4, -0.2) is 38.0 Å². The molecule has 3 aromatic rings. The Labute approximate surface area is 150 Å². The molecule has 8 nitrogen and oxygen atoms in total. The molecule has 3 aromatic heterocycles. The number of carbonyl (C=O) groups is 1. The summed E-state index contributed by atoms with van der Waals surface area (Å²) >= 11 is 0. The van der Waals surface area contributed by atoms with Crippen LogP contribution in [0, 0.1) is 0 Å². The minimum Gasteiger partial charge on any atom is -0.497 e. The van der Waals surface area contributed by atoms with E-state index in [4.69, 9.17) is 4.74 Å². The highest BCUT2D eigenvalue weighted by molar-refractivity contribution is 5.94. The summed E-state index contributed by atoms with van der Waals surface area (Å²) in [6, 6.07) is 5.46. The molecule has 8 heteroatoms. The van der Waals surface area contributed by atoms with Gasteiger partial charge in [0.2, 0.25) is 5.91 Å². The summed E-state index contributed by atoms with van der Waals surface area (Å²) in [5.74, 6) is 1.96. The lowest BCUT2D eigenvalue weighted by Crippen LogP contribution is -2.18. The molecule has 3 heterocycles. The fourth-order valence-corrected chi connectivity index (χ4v) is 2.73. The number of methoxy groups -OCH3 is 1. The number of carbonyl (C=O) groups excluding carboxylic acids is 1. The molecule has 0 spiro atoms. The highest BCUT2D eigenvalue weighted by atomic mass is 16.5. The maximum atomic E-state index is 12.5. The lowest BCUT2D eigenvalue weighted by molar-refractivity contribution is -0.117. The minimum absolute atomic E-state index is 0.128. The van der Waals surface area contributed by atoms with E-state index in [9.17, 15) is 4.79 Å². The number of pyridine rings is 1. The SMILES string of the molecule is COc1ccnc(-n2cc([C@@H](C)C(=O)Nc3cc(C4CC4)[nH]n3)cn2)c1. The van der Waals surface area contributed by atoms with E-state index in [-0.39, 0.29) is 11.8 Å². The fourth-order valence-electron chi connectivity index (χ4n) is 2.73. The number of nitrogens with one attached hydrogen (secondary N) is 2. The van der Waals surface area contributed by atoms with Crippen LogP contribution < -0.4 is 10.1 Å². The van der Waals surface area contributed by atoms with Gasteiger partial charge in [-0.1, -0.05) is 0 Å². The number of amides is 1. The molecule has 1 saturated carbocycles. The molecule has 0 aliphatic heterocycles. The van der Waals surface area contributed by atoms with Gasteiger partial charge >= 0.3 is 0 Å². The molecule has 0 unspecified atom stereocenters. The maximum absolute atomic E-state index is 12.5. The Morgan fingerprint density at radius 1 is 1.42 bits per heavy atom. The zero-order valence-electron chi connectivity index (χ0n) is 14.6. The van der Waals surface area contributed by atoms with E-state index in [0.717, 1.165) is 11.3 Å². The van der Waals surface area contributed by atoms with Gasteiger partial charge in [0.25, 0.3) is 0 Å². The largest absolute Gasteiger partial charge is 0.497 e. The maximum Gasteiger partial charge on any atom is 0.232 e. The van der Waals surface area contributed by atoms with Crippen molar-refractivity contribution in [1.29, 1.82) is 0 Å². The van der Waals surface area contributed by atoms with Gasteiger partial charge in [0.15, 0.2) is 11.6 Å². The Morgan fingerprint density at radius 2 is 2.27 bits per heavy atom. The van der Waals surface area contributed by atoms with E-state index in [0.29, 0.717) is 23.3 Å². The molecule has 134 valence electrons. The first-order valence-electron chi connectivity index (χ1n) is 8.55. The van der Waals surface area contributed by atoms with Gasteiger partial charge in [0.1, 0.15) is 5.75 Å². The average molecular weight is 352 g/mol. The van der Waals surface area contributed by atoms with E-state index in [1.165, 1.54) is 12.8 Å². The quantitative estimate of drug-likeness (QED) is 0.711. The molecular weight excluding hydrogens is 332 g/mol. The number of ether oxygens (including phenoxy) is 1. The van der Waals surface area contributed by atoms with Gasteiger partial charge in [0.05, 0.1) is 19.2 Å². The molecule has 0 radical (unpaired) electrons. The van der Waals surface area contributed by atoms with E-state index in [2.05, 4.69) is 25.6 Å². The summed E-state index contributed by atoms with van der Waals surface area (Å²) in [5.41, 5.74) is 1.88. The van der Waals surface area contributed by atoms with Crippen LogP contribution in [0.25, 0.3) is 5.82 Å². The summed E-state index contributed by atoms with van der Waals surface area (Å²) in [4.78, 5) is 16.8. The van der Waals surface area contributed by atoms with Crippen molar-refractivity contribution in [2.24, 2.45) is 0 Å². The summed E-state index contributed by atoms with van der Waals surface area (Å²) in [7, 11) is 1.60. The second kappa shape index (κ2) is 6.62. The van der Waals surface area contributed by atoms with Gasteiger partial charge in [-0.3, -0.25) is 9.89 Å². The van der Waals surface area contributed by atoms with Crippen molar-refractivity contribution >= 4 is 11.7 Å². The number of aromatic amines is 1. The molecule has 1 aliphatic rings. The van der Waals surface area contributed by atoms with Crippen LogP contribution in [0.15, 0.2) is 36.8 Å². The minimum atomic E-state index is -0.365. The molecule has 1 atom stereocenters. The van der Waals surface area contributed by atoms with E-state index >= 15 is 0 Å². The zero-order chi connectivity index (χ0) is 18.1. The molecule has 0 aromatic carbocycles. The third-order valence-corrected chi connectivity index (χ3v) is 4.55. The topological polar surface area (TPSA) is 97.7 Å². The number of H-pyrrole nitrogens is 1. The number of nitrogens with zero attached hydrogens (tertiary/aromatic N) is 4. The van der Waals surface area contributed by atoms with Gasteiger partial charge in [-0.05, 0) is 25.8 Å². The summed E-state index contributed by atoms with van der Waals surface area (Å²) in [6.07, 6.45) is 7.49. The van der Waals surface area contributed by atoms with E-state index in [1.54, 1.807) is 42.5 Å². The fraction of sp³-hybridized carbons (Fsp3) is 0.333. The van der Waals surface area contributed by atoms with Crippen molar-refractivity contribution in [1.82, 2.24) is 25.0 Å². The third kappa shape index (κ3) is 3.30. The second-order valence-electron chi connectivity index (χ2n) is 6.47. The van der Waals surface area contributed by atoms with Crippen LogP contribution in [0.4, 0.5) is 5.82 Å². The molecule has 1 fully saturated rings. The standard InChI is InChI=1S/C18H20N6O2/c1-11(18(25)21-16-8-15(22-23-16)12-3-4-12)13-9-20-24(10-13)17-7-14(26-2)5-6-19-17/h5-12H,3-4H2,1-2H3,(H2,21,22,23,25)/t11-/m1/s1. The number of hydrogen-bond donors (Lipinski definition) is 2. The molecule has 1 aliphatic carbocycles. The molecule has 1 amide bonds. The average Bonchev–Trinajstić information content (AvgIpc) is 3.21. The number of hydrogen-bond acceptors (Lipinski definition) is 5. The van der Waals surface area contributed by atoms with Crippen molar-refractivity contribution in [2.45, 2.75) is 31.6 Å². The van der Waals surface area contributed by atoms with Gasteiger partial charge < -0.3 is 10.1 Å². The highest BCUT2D eigenvalue weighted by Gasteiger charge is 2.26. The molecule has 4 rings (SSSR count). The summed E-state index contributed by atoms with van der Waals surface area (Å²) in [6.45, 7) is 1.84. The smallest absolute Gasteiger partial charge is 0.232 e. The van der Waals surface area contributed by atoms with Crippen LogP contribution in [0.5, 0.6) is 5.75 Å². The van der Waals surface area contributed by atoms with E-state index in [1.807, 2.05) is 13.0 Å². The van der Waals surface area contributed by atoms with Gasteiger partial charge in [-0.15, -0.1) is 0 Å².